The largest absolute Gasteiger partial charge is 0.481 e. The van der Waals surface area contributed by atoms with Crippen LogP contribution in [0.1, 0.15) is 42.5 Å². The van der Waals surface area contributed by atoms with Crippen LogP contribution in [-0.4, -0.2) is 59.9 Å². The monoisotopic (exact) mass is 331 g/mol. The lowest BCUT2D eigenvalue weighted by atomic mass is 9.92. The van der Waals surface area contributed by atoms with E-state index in [1.807, 2.05) is 9.80 Å². The van der Waals surface area contributed by atoms with Crippen LogP contribution in [0.2, 0.25) is 0 Å². The van der Waals surface area contributed by atoms with Crippen molar-refractivity contribution < 1.29 is 14.3 Å². The van der Waals surface area contributed by atoms with Gasteiger partial charge in [0.2, 0.25) is 11.8 Å². The fourth-order valence-corrected chi connectivity index (χ4v) is 3.49. The summed E-state index contributed by atoms with van der Waals surface area (Å²) in [6.45, 7) is 3.26. The van der Waals surface area contributed by atoms with Gasteiger partial charge in [0, 0.05) is 44.9 Å². The molecule has 1 aromatic heterocycles. The molecule has 0 aliphatic carbocycles. The maximum absolute atomic E-state index is 12.5. The summed E-state index contributed by atoms with van der Waals surface area (Å²) in [5.41, 5.74) is 0.586. The summed E-state index contributed by atoms with van der Waals surface area (Å²) in [4.78, 5) is 32.7. The number of nitrogens with zero attached hydrogens (tertiary/aromatic N) is 3. The molecular weight excluding hydrogens is 306 g/mol. The highest BCUT2D eigenvalue weighted by molar-refractivity contribution is 5.94. The molecule has 0 aromatic carbocycles. The molecule has 0 N–H and O–H groups in total. The van der Waals surface area contributed by atoms with Gasteiger partial charge < -0.3 is 14.5 Å². The first-order chi connectivity index (χ1) is 11.7. The predicted octanol–water partition coefficient (Wildman–Crippen LogP) is 1.95. The second-order valence-electron chi connectivity index (χ2n) is 6.62. The molecule has 0 unspecified atom stereocenters. The topological polar surface area (TPSA) is 62.7 Å². The lowest BCUT2D eigenvalue weighted by Crippen LogP contribution is -2.40. The normalized spacial score (nSPS) is 18.7. The highest BCUT2D eigenvalue weighted by Gasteiger charge is 2.27. The SMILES string of the molecule is COc1ccc(C(=O)N2CCC(CC(=O)N3CCCC3)CC2)cn1. The fourth-order valence-electron chi connectivity index (χ4n) is 3.49. The number of amides is 2. The van der Waals surface area contributed by atoms with Crippen LogP contribution in [-0.2, 0) is 4.79 Å². The Labute approximate surface area is 142 Å². The van der Waals surface area contributed by atoms with Crippen molar-refractivity contribution >= 4 is 11.8 Å². The first-order valence-electron chi connectivity index (χ1n) is 8.74. The molecule has 3 rings (SSSR count). The Morgan fingerprint density at radius 3 is 2.42 bits per heavy atom. The van der Waals surface area contributed by atoms with Gasteiger partial charge in [-0.3, -0.25) is 9.59 Å². The van der Waals surface area contributed by atoms with E-state index < -0.39 is 0 Å². The third kappa shape index (κ3) is 3.86. The number of likely N-dealkylation sites (tertiary alicyclic amines) is 2. The molecule has 0 atom stereocenters. The molecule has 2 saturated heterocycles. The molecule has 2 aliphatic heterocycles. The number of carbonyl (C=O) groups is 2. The molecule has 3 heterocycles. The van der Waals surface area contributed by atoms with E-state index in [4.69, 9.17) is 4.74 Å². The average molecular weight is 331 g/mol. The van der Waals surface area contributed by atoms with Gasteiger partial charge in [0.25, 0.3) is 5.91 Å². The van der Waals surface area contributed by atoms with Crippen molar-refractivity contribution in [2.75, 3.05) is 33.3 Å². The van der Waals surface area contributed by atoms with Crippen molar-refractivity contribution in [1.29, 1.82) is 0 Å². The van der Waals surface area contributed by atoms with Gasteiger partial charge in [0.15, 0.2) is 0 Å². The van der Waals surface area contributed by atoms with Crippen molar-refractivity contribution in [3.8, 4) is 5.88 Å². The van der Waals surface area contributed by atoms with Crippen LogP contribution < -0.4 is 4.74 Å². The van der Waals surface area contributed by atoms with E-state index in [0.29, 0.717) is 36.9 Å². The summed E-state index contributed by atoms with van der Waals surface area (Å²) in [6, 6.07) is 3.45. The van der Waals surface area contributed by atoms with Crippen molar-refractivity contribution in [1.82, 2.24) is 14.8 Å². The lowest BCUT2D eigenvalue weighted by molar-refractivity contribution is -0.131. The van der Waals surface area contributed by atoms with Crippen LogP contribution in [0.4, 0.5) is 0 Å². The molecular formula is C18H25N3O3. The van der Waals surface area contributed by atoms with Gasteiger partial charge in [-0.2, -0.15) is 0 Å². The number of rotatable bonds is 4. The van der Waals surface area contributed by atoms with Gasteiger partial charge in [0.1, 0.15) is 0 Å². The smallest absolute Gasteiger partial charge is 0.255 e. The van der Waals surface area contributed by atoms with Gasteiger partial charge in [-0.15, -0.1) is 0 Å². The van der Waals surface area contributed by atoms with Gasteiger partial charge >= 0.3 is 0 Å². The molecule has 24 heavy (non-hydrogen) atoms. The first-order valence-corrected chi connectivity index (χ1v) is 8.74. The van der Waals surface area contributed by atoms with Crippen molar-refractivity contribution in [3.63, 3.8) is 0 Å². The quantitative estimate of drug-likeness (QED) is 0.846. The number of hydrogen-bond acceptors (Lipinski definition) is 4. The molecule has 2 aliphatic rings. The minimum Gasteiger partial charge on any atom is -0.481 e. The zero-order valence-electron chi connectivity index (χ0n) is 14.2. The Kier molecular flexibility index (Phi) is 5.33. The molecule has 0 bridgehead atoms. The summed E-state index contributed by atoms with van der Waals surface area (Å²) in [7, 11) is 1.55. The molecule has 6 nitrogen and oxygen atoms in total. The second kappa shape index (κ2) is 7.64. The molecule has 130 valence electrons. The highest BCUT2D eigenvalue weighted by atomic mass is 16.5. The first kappa shape index (κ1) is 16.7. The number of hydrogen-bond donors (Lipinski definition) is 0. The van der Waals surface area contributed by atoms with Gasteiger partial charge in [-0.05, 0) is 37.7 Å². The maximum Gasteiger partial charge on any atom is 0.255 e. The summed E-state index contributed by atoms with van der Waals surface area (Å²) in [5, 5.41) is 0. The van der Waals surface area contributed by atoms with Crippen LogP contribution in [0.15, 0.2) is 18.3 Å². The van der Waals surface area contributed by atoms with E-state index in [1.54, 1.807) is 25.4 Å². The van der Waals surface area contributed by atoms with E-state index >= 15 is 0 Å². The number of ether oxygens (including phenoxy) is 1. The van der Waals surface area contributed by atoms with Gasteiger partial charge in [0.05, 0.1) is 12.7 Å². The zero-order valence-corrected chi connectivity index (χ0v) is 14.2. The summed E-state index contributed by atoms with van der Waals surface area (Å²) in [5.74, 6) is 1.20. The number of aromatic nitrogens is 1. The summed E-state index contributed by atoms with van der Waals surface area (Å²) < 4.78 is 5.02. The molecule has 2 fully saturated rings. The Hall–Kier alpha value is -2.11. The van der Waals surface area contributed by atoms with Crippen LogP contribution in [0, 0.1) is 5.92 Å². The van der Waals surface area contributed by atoms with E-state index in [1.165, 1.54) is 0 Å². The average Bonchev–Trinajstić information content (AvgIpc) is 3.17. The van der Waals surface area contributed by atoms with Crippen molar-refractivity contribution in [2.24, 2.45) is 5.92 Å². The van der Waals surface area contributed by atoms with Gasteiger partial charge in [-0.25, -0.2) is 4.98 Å². The molecule has 0 spiro atoms. The van der Waals surface area contributed by atoms with Gasteiger partial charge in [-0.1, -0.05) is 0 Å². The van der Waals surface area contributed by atoms with Crippen LogP contribution in [0.25, 0.3) is 0 Å². The van der Waals surface area contributed by atoms with Crippen molar-refractivity contribution in [2.45, 2.75) is 32.1 Å². The standard InChI is InChI=1S/C18H25N3O3/c1-24-16-5-4-15(13-19-16)18(23)21-10-6-14(7-11-21)12-17(22)20-8-2-3-9-20/h4-5,13-14H,2-3,6-12H2,1H3. The zero-order chi connectivity index (χ0) is 16.9. The van der Waals surface area contributed by atoms with E-state index in [9.17, 15) is 9.59 Å². The van der Waals surface area contributed by atoms with E-state index in [-0.39, 0.29) is 11.8 Å². The van der Waals surface area contributed by atoms with Crippen LogP contribution in [0.5, 0.6) is 5.88 Å². The molecule has 2 amide bonds. The molecule has 0 saturated carbocycles. The number of pyridine rings is 1. The number of methoxy groups -OCH3 is 1. The number of piperidine rings is 1. The van der Waals surface area contributed by atoms with E-state index in [2.05, 4.69) is 4.98 Å². The van der Waals surface area contributed by atoms with Crippen molar-refractivity contribution in [3.05, 3.63) is 23.9 Å². The molecule has 1 aromatic rings. The third-order valence-electron chi connectivity index (χ3n) is 5.02. The maximum atomic E-state index is 12.5. The second-order valence-corrected chi connectivity index (χ2v) is 6.62. The van der Waals surface area contributed by atoms with Crippen LogP contribution in [0.3, 0.4) is 0 Å². The molecule has 0 radical (unpaired) electrons. The Bertz CT molecular complexity index is 574. The summed E-state index contributed by atoms with van der Waals surface area (Å²) in [6.07, 6.45) is 6.25. The Morgan fingerprint density at radius 2 is 1.83 bits per heavy atom. The number of carbonyl (C=O) groups excluding carboxylic acids is 2. The van der Waals surface area contributed by atoms with E-state index in [0.717, 1.165) is 38.8 Å². The highest BCUT2D eigenvalue weighted by Crippen LogP contribution is 2.24. The van der Waals surface area contributed by atoms with Crippen LogP contribution >= 0.6 is 0 Å². The lowest BCUT2D eigenvalue weighted by Gasteiger charge is -2.32. The Balaban J connectivity index is 1.48. The Morgan fingerprint density at radius 1 is 1.12 bits per heavy atom. The molecule has 6 heteroatoms. The fraction of sp³-hybridized carbons (Fsp3) is 0.611. The predicted molar refractivity (Wildman–Crippen MR) is 89.8 cm³/mol. The minimum atomic E-state index is 0.00877. The summed E-state index contributed by atoms with van der Waals surface area (Å²) >= 11 is 0. The third-order valence-corrected chi connectivity index (χ3v) is 5.02. The minimum absolute atomic E-state index is 0.00877.